The number of carbonyl (C=O) groups excluding carboxylic acids is 1. The molecule has 2 rings (SSSR count). The number of benzene rings is 2. The Labute approximate surface area is 145 Å². The zero-order valence-electron chi connectivity index (χ0n) is 15.1. The second-order valence-corrected chi connectivity index (χ2v) is 7.06. The Morgan fingerprint density at radius 3 is 2.29 bits per heavy atom. The molecule has 2 N–H and O–H groups in total. The Morgan fingerprint density at radius 1 is 1.00 bits per heavy atom. The minimum absolute atomic E-state index is 0.0278. The number of hydrogen-bond acceptors (Lipinski definition) is 2. The highest BCUT2D eigenvalue weighted by Crippen LogP contribution is 2.23. The van der Waals surface area contributed by atoms with E-state index in [1.54, 1.807) is 0 Å². The molecule has 0 radical (unpaired) electrons. The number of rotatable bonds is 6. The highest BCUT2D eigenvalue weighted by atomic mass is 16.1. The molecule has 0 aliphatic heterocycles. The molecule has 2 aromatic carbocycles. The molecule has 0 aromatic heterocycles. The normalized spacial score (nSPS) is 11.2. The van der Waals surface area contributed by atoms with E-state index in [0.717, 1.165) is 17.8 Å². The largest absolute Gasteiger partial charge is 0.384 e. The van der Waals surface area contributed by atoms with Crippen molar-refractivity contribution in [3.63, 3.8) is 0 Å². The Bertz CT molecular complexity index is 669. The van der Waals surface area contributed by atoms with Crippen molar-refractivity contribution in [2.24, 2.45) is 0 Å². The van der Waals surface area contributed by atoms with Crippen LogP contribution in [0.5, 0.6) is 0 Å². The van der Waals surface area contributed by atoms with Crippen molar-refractivity contribution in [3.8, 4) is 0 Å². The zero-order chi connectivity index (χ0) is 17.6. The molecule has 0 spiro atoms. The van der Waals surface area contributed by atoms with Crippen LogP contribution in [0.2, 0.25) is 0 Å². The molecule has 128 valence electrons. The monoisotopic (exact) mass is 324 g/mol. The van der Waals surface area contributed by atoms with Gasteiger partial charge in [-0.15, -0.1) is 0 Å². The fourth-order valence-electron chi connectivity index (χ4n) is 2.59. The molecule has 0 aliphatic carbocycles. The third kappa shape index (κ3) is 5.12. The van der Waals surface area contributed by atoms with Crippen LogP contribution >= 0.6 is 0 Å². The minimum Gasteiger partial charge on any atom is -0.384 e. The van der Waals surface area contributed by atoms with Crippen LogP contribution in [0.3, 0.4) is 0 Å². The van der Waals surface area contributed by atoms with Crippen molar-refractivity contribution in [2.75, 3.05) is 17.2 Å². The summed E-state index contributed by atoms with van der Waals surface area (Å²) in [7, 11) is 0. The number of anilines is 2. The van der Waals surface area contributed by atoms with Gasteiger partial charge >= 0.3 is 0 Å². The molecule has 3 heteroatoms. The maximum Gasteiger partial charge on any atom is 0.226 e. The highest BCUT2D eigenvalue weighted by molar-refractivity contribution is 5.91. The molecule has 0 saturated carbocycles. The number of para-hydroxylation sites is 1. The lowest BCUT2D eigenvalue weighted by Crippen LogP contribution is -2.17. The smallest absolute Gasteiger partial charge is 0.226 e. The summed E-state index contributed by atoms with van der Waals surface area (Å²) in [6.07, 6.45) is 1.43. The molecule has 0 fully saturated rings. The van der Waals surface area contributed by atoms with Crippen molar-refractivity contribution >= 4 is 17.3 Å². The van der Waals surface area contributed by atoms with Crippen LogP contribution in [0.15, 0.2) is 48.5 Å². The Kier molecular flexibility index (Phi) is 6.02. The lowest BCUT2D eigenvalue weighted by molar-refractivity contribution is -0.115. The van der Waals surface area contributed by atoms with Gasteiger partial charge in [-0.1, -0.05) is 58.0 Å². The molecule has 0 heterocycles. The van der Waals surface area contributed by atoms with Gasteiger partial charge in [0.05, 0.1) is 0 Å². The minimum atomic E-state index is 0.0278. The lowest BCUT2D eigenvalue weighted by atomic mass is 9.87. The van der Waals surface area contributed by atoms with Gasteiger partial charge in [0.1, 0.15) is 0 Å². The summed E-state index contributed by atoms with van der Waals surface area (Å²) in [4.78, 5) is 12.1. The molecule has 2 aromatic rings. The van der Waals surface area contributed by atoms with Crippen LogP contribution in [0.25, 0.3) is 0 Å². The van der Waals surface area contributed by atoms with Crippen molar-refractivity contribution in [1.29, 1.82) is 0 Å². The second kappa shape index (κ2) is 8.00. The van der Waals surface area contributed by atoms with Crippen LogP contribution in [-0.4, -0.2) is 12.5 Å². The highest BCUT2D eigenvalue weighted by Gasteiger charge is 2.13. The number of amides is 1. The first kappa shape index (κ1) is 18.1. The van der Waals surface area contributed by atoms with Gasteiger partial charge in [-0.05, 0) is 41.2 Å². The third-order valence-corrected chi connectivity index (χ3v) is 4.10. The van der Waals surface area contributed by atoms with E-state index in [2.05, 4.69) is 62.6 Å². The second-order valence-electron chi connectivity index (χ2n) is 7.06. The number of nitrogens with one attached hydrogen (secondary N) is 2. The van der Waals surface area contributed by atoms with E-state index < -0.39 is 0 Å². The summed E-state index contributed by atoms with van der Waals surface area (Å²) in [5, 5.41) is 6.31. The first-order valence-corrected chi connectivity index (χ1v) is 8.62. The van der Waals surface area contributed by atoms with Gasteiger partial charge in [0.25, 0.3) is 0 Å². The van der Waals surface area contributed by atoms with Crippen LogP contribution < -0.4 is 10.6 Å². The summed E-state index contributed by atoms with van der Waals surface area (Å²) in [6, 6.07) is 16.3. The molecular formula is C21H28N2O. The van der Waals surface area contributed by atoms with Gasteiger partial charge in [-0.2, -0.15) is 0 Å². The fourth-order valence-corrected chi connectivity index (χ4v) is 2.59. The summed E-state index contributed by atoms with van der Waals surface area (Å²) in [5.41, 5.74) is 4.62. The van der Waals surface area contributed by atoms with Gasteiger partial charge in [-0.25, -0.2) is 0 Å². The average Bonchev–Trinajstić information content (AvgIpc) is 2.55. The first-order valence-electron chi connectivity index (χ1n) is 8.62. The van der Waals surface area contributed by atoms with E-state index in [4.69, 9.17) is 0 Å². The van der Waals surface area contributed by atoms with Crippen molar-refractivity contribution in [1.82, 2.24) is 0 Å². The summed E-state index contributed by atoms with van der Waals surface area (Å²) >= 11 is 0. The van der Waals surface area contributed by atoms with Crippen molar-refractivity contribution in [3.05, 3.63) is 59.7 Å². The Balaban J connectivity index is 1.83. The Morgan fingerprint density at radius 2 is 1.67 bits per heavy atom. The third-order valence-electron chi connectivity index (χ3n) is 4.10. The summed E-state index contributed by atoms with van der Waals surface area (Å²) < 4.78 is 0. The molecule has 3 nitrogen and oxygen atoms in total. The summed E-state index contributed by atoms with van der Waals surface area (Å²) in [6.45, 7) is 9.30. The number of aryl methyl sites for hydroxylation is 1. The van der Waals surface area contributed by atoms with Crippen LogP contribution in [0, 0.1) is 0 Å². The van der Waals surface area contributed by atoms with E-state index in [1.165, 1.54) is 11.1 Å². The van der Waals surface area contributed by atoms with Crippen LogP contribution in [-0.2, 0) is 16.6 Å². The van der Waals surface area contributed by atoms with E-state index >= 15 is 0 Å². The summed E-state index contributed by atoms with van der Waals surface area (Å²) in [5.74, 6) is 0.0278. The van der Waals surface area contributed by atoms with Gasteiger partial charge in [0.2, 0.25) is 5.91 Å². The van der Waals surface area contributed by atoms with Crippen molar-refractivity contribution in [2.45, 2.75) is 46.0 Å². The fraction of sp³-hybridized carbons (Fsp3) is 0.381. The molecule has 1 amide bonds. The molecule has 24 heavy (non-hydrogen) atoms. The predicted octanol–water partition coefficient (Wildman–Crippen LogP) is 4.99. The van der Waals surface area contributed by atoms with E-state index in [0.29, 0.717) is 13.0 Å². The Hall–Kier alpha value is -2.29. The van der Waals surface area contributed by atoms with E-state index in [9.17, 15) is 4.79 Å². The van der Waals surface area contributed by atoms with Gasteiger partial charge in [0.15, 0.2) is 0 Å². The topological polar surface area (TPSA) is 41.1 Å². The first-order chi connectivity index (χ1) is 11.4. The average molecular weight is 324 g/mol. The van der Waals surface area contributed by atoms with Crippen LogP contribution in [0.1, 0.15) is 45.2 Å². The molecule has 0 aliphatic rings. The molecular weight excluding hydrogens is 296 g/mol. The van der Waals surface area contributed by atoms with Gasteiger partial charge in [-0.3, -0.25) is 4.79 Å². The van der Waals surface area contributed by atoms with Crippen LogP contribution in [0.4, 0.5) is 11.4 Å². The number of carbonyl (C=O) groups is 1. The van der Waals surface area contributed by atoms with E-state index in [-0.39, 0.29) is 11.3 Å². The van der Waals surface area contributed by atoms with Crippen molar-refractivity contribution < 1.29 is 4.79 Å². The SMILES string of the molecule is CCc1ccccc1NCCC(=O)Nc1ccc(C(C)(C)C)cc1. The molecule has 0 bridgehead atoms. The lowest BCUT2D eigenvalue weighted by Gasteiger charge is -2.19. The van der Waals surface area contributed by atoms with Gasteiger partial charge in [0, 0.05) is 24.3 Å². The molecule has 0 unspecified atom stereocenters. The van der Waals surface area contributed by atoms with E-state index in [1.807, 2.05) is 24.3 Å². The zero-order valence-corrected chi connectivity index (χ0v) is 15.1. The maximum absolute atomic E-state index is 12.1. The molecule has 0 atom stereocenters. The standard InChI is InChI=1S/C21H28N2O/c1-5-16-8-6-7-9-19(16)22-15-14-20(24)23-18-12-10-17(11-13-18)21(2,3)4/h6-13,22H,5,14-15H2,1-4H3,(H,23,24). The predicted molar refractivity (Wildman–Crippen MR) is 103 cm³/mol. The quantitative estimate of drug-likeness (QED) is 0.786. The molecule has 0 saturated heterocycles. The number of hydrogen-bond donors (Lipinski definition) is 2. The maximum atomic E-state index is 12.1. The van der Waals surface area contributed by atoms with Gasteiger partial charge < -0.3 is 10.6 Å².